The van der Waals surface area contributed by atoms with Crippen LogP contribution in [-0.2, 0) is 16.4 Å². The van der Waals surface area contributed by atoms with Gasteiger partial charge in [-0.2, -0.15) is 0 Å². The zero-order valence-electron chi connectivity index (χ0n) is 13.6. The summed E-state index contributed by atoms with van der Waals surface area (Å²) < 4.78 is 33.3. The lowest BCUT2D eigenvalue weighted by Crippen LogP contribution is -2.35. The van der Waals surface area contributed by atoms with E-state index in [1.807, 2.05) is 24.3 Å². The van der Waals surface area contributed by atoms with E-state index >= 15 is 0 Å². The molecule has 1 unspecified atom stereocenters. The number of sulfonamides is 1. The van der Waals surface area contributed by atoms with Gasteiger partial charge in [-0.3, -0.25) is 10.1 Å². The number of rotatable bonds is 5. The molecule has 0 amide bonds. The second-order valence-electron chi connectivity index (χ2n) is 6.05. The van der Waals surface area contributed by atoms with Gasteiger partial charge < -0.3 is 4.74 Å². The number of nitrogens with zero attached hydrogens (tertiary/aromatic N) is 1. The lowest BCUT2D eigenvalue weighted by molar-refractivity contribution is -0.385. The molecule has 0 bridgehead atoms. The number of hydrogen-bond donors (Lipinski definition) is 1. The van der Waals surface area contributed by atoms with Gasteiger partial charge in [0.05, 0.1) is 16.4 Å². The van der Waals surface area contributed by atoms with Crippen LogP contribution in [0.25, 0.3) is 0 Å². The van der Waals surface area contributed by atoms with Gasteiger partial charge in [0.25, 0.3) is 5.69 Å². The molecule has 3 rings (SSSR count). The first kappa shape index (κ1) is 17.4. The highest BCUT2D eigenvalue weighted by molar-refractivity contribution is 7.89. The van der Waals surface area contributed by atoms with Crippen molar-refractivity contribution in [3.05, 3.63) is 63.7 Å². The Morgan fingerprint density at radius 3 is 2.80 bits per heavy atom. The van der Waals surface area contributed by atoms with Crippen LogP contribution in [0.2, 0.25) is 0 Å². The summed E-state index contributed by atoms with van der Waals surface area (Å²) in [7, 11) is -3.83. The van der Waals surface area contributed by atoms with Crippen LogP contribution in [0, 0.1) is 23.0 Å². The molecule has 1 N–H and O–H groups in total. The minimum atomic E-state index is -3.83. The molecule has 2 aromatic rings. The van der Waals surface area contributed by atoms with Gasteiger partial charge in [0.2, 0.25) is 10.0 Å². The largest absolute Gasteiger partial charge is 0.493 e. The van der Waals surface area contributed by atoms with E-state index < -0.39 is 14.9 Å². The van der Waals surface area contributed by atoms with Crippen molar-refractivity contribution in [3.63, 3.8) is 0 Å². The first-order valence-corrected chi connectivity index (χ1v) is 9.30. The van der Waals surface area contributed by atoms with Gasteiger partial charge >= 0.3 is 0 Å². The van der Waals surface area contributed by atoms with Gasteiger partial charge in [0.1, 0.15) is 5.75 Å². The number of nitro benzene ring substituents is 1. The molecule has 1 aliphatic heterocycles. The van der Waals surface area contributed by atoms with E-state index in [9.17, 15) is 18.5 Å². The van der Waals surface area contributed by atoms with Crippen LogP contribution in [-0.4, -0.2) is 26.5 Å². The first-order valence-electron chi connectivity index (χ1n) is 7.82. The highest BCUT2D eigenvalue weighted by Gasteiger charge is 2.24. The molecule has 1 atom stereocenters. The molecule has 0 saturated heterocycles. The molecule has 8 heteroatoms. The SMILES string of the molecule is Cc1ccc([N+](=O)[O-])cc1S(=O)(=O)NCC1COc2ccccc2C1. The Hall–Kier alpha value is -2.45. The number of para-hydroxylation sites is 1. The van der Waals surface area contributed by atoms with E-state index in [2.05, 4.69) is 4.72 Å². The number of fused-ring (bicyclic) bond motifs is 1. The van der Waals surface area contributed by atoms with Crippen LogP contribution in [0.15, 0.2) is 47.4 Å². The van der Waals surface area contributed by atoms with Crippen LogP contribution >= 0.6 is 0 Å². The Morgan fingerprint density at radius 2 is 2.04 bits per heavy atom. The van der Waals surface area contributed by atoms with Crippen molar-refractivity contribution in [2.75, 3.05) is 13.2 Å². The molecule has 0 aromatic heterocycles. The Morgan fingerprint density at radius 1 is 1.28 bits per heavy atom. The maximum Gasteiger partial charge on any atom is 0.270 e. The summed E-state index contributed by atoms with van der Waals surface area (Å²) in [6.07, 6.45) is 0.715. The third-order valence-corrected chi connectivity index (χ3v) is 5.76. The third kappa shape index (κ3) is 3.80. The second kappa shape index (κ2) is 6.81. The van der Waals surface area contributed by atoms with Gasteiger partial charge in [-0.25, -0.2) is 13.1 Å². The van der Waals surface area contributed by atoms with E-state index in [0.717, 1.165) is 17.4 Å². The average Bonchev–Trinajstić information content (AvgIpc) is 2.60. The zero-order chi connectivity index (χ0) is 18.0. The second-order valence-corrected chi connectivity index (χ2v) is 7.78. The van der Waals surface area contributed by atoms with Crippen molar-refractivity contribution in [1.82, 2.24) is 4.72 Å². The van der Waals surface area contributed by atoms with Crippen molar-refractivity contribution < 1.29 is 18.1 Å². The monoisotopic (exact) mass is 362 g/mol. The number of nitrogens with one attached hydrogen (secondary N) is 1. The molecule has 2 aromatic carbocycles. The number of aryl methyl sites for hydroxylation is 1. The third-order valence-electron chi connectivity index (χ3n) is 4.19. The van der Waals surface area contributed by atoms with Crippen molar-refractivity contribution in [2.24, 2.45) is 5.92 Å². The van der Waals surface area contributed by atoms with Crippen LogP contribution in [0.1, 0.15) is 11.1 Å². The molecule has 7 nitrogen and oxygen atoms in total. The molecular formula is C17H18N2O5S. The predicted molar refractivity (Wildman–Crippen MR) is 92.2 cm³/mol. The predicted octanol–water partition coefficient (Wildman–Crippen LogP) is 2.43. The van der Waals surface area contributed by atoms with Crippen LogP contribution in [0.3, 0.4) is 0 Å². The number of nitro groups is 1. The molecule has 25 heavy (non-hydrogen) atoms. The lowest BCUT2D eigenvalue weighted by Gasteiger charge is -2.25. The Labute approximate surface area is 145 Å². The van der Waals surface area contributed by atoms with E-state index in [4.69, 9.17) is 4.74 Å². The summed E-state index contributed by atoms with van der Waals surface area (Å²) >= 11 is 0. The van der Waals surface area contributed by atoms with E-state index in [1.165, 1.54) is 12.1 Å². The number of ether oxygens (including phenoxy) is 1. The van der Waals surface area contributed by atoms with E-state index in [-0.39, 0.29) is 23.0 Å². The maximum atomic E-state index is 12.5. The van der Waals surface area contributed by atoms with Crippen molar-refractivity contribution in [3.8, 4) is 5.75 Å². The fourth-order valence-corrected chi connectivity index (χ4v) is 4.20. The van der Waals surface area contributed by atoms with Crippen molar-refractivity contribution in [1.29, 1.82) is 0 Å². The van der Waals surface area contributed by atoms with Crippen LogP contribution < -0.4 is 9.46 Å². The van der Waals surface area contributed by atoms with Gasteiger partial charge in [-0.15, -0.1) is 0 Å². The fraction of sp³-hybridized carbons (Fsp3) is 0.294. The molecule has 0 saturated carbocycles. The van der Waals surface area contributed by atoms with Crippen molar-refractivity contribution in [2.45, 2.75) is 18.2 Å². The highest BCUT2D eigenvalue weighted by Crippen LogP contribution is 2.27. The molecular weight excluding hydrogens is 344 g/mol. The molecule has 132 valence electrons. The normalized spacial score (nSPS) is 16.8. The summed E-state index contributed by atoms with van der Waals surface area (Å²) in [5.74, 6) is 0.833. The number of non-ortho nitro benzene ring substituents is 1. The highest BCUT2D eigenvalue weighted by atomic mass is 32.2. The quantitative estimate of drug-likeness (QED) is 0.651. The van der Waals surface area contributed by atoms with Crippen LogP contribution in [0.4, 0.5) is 5.69 Å². The molecule has 1 aliphatic rings. The molecule has 1 heterocycles. The van der Waals surface area contributed by atoms with Crippen LogP contribution in [0.5, 0.6) is 5.75 Å². The number of benzene rings is 2. The first-order chi connectivity index (χ1) is 11.9. The molecule has 0 radical (unpaired) electrons. The summed E-state index contributed by atoms with van der Waals surface area (Å²) in [5, 5.41) is 10.9. The maximum absolute atomic E-state index is 12.5. The molecule has 0 fully saturated rings. The Bertz CT molecular complexity index is 911. The van der Waals surface area contributed by atoms with Gasteiger partial charge in [-0.1, -0.05) is 24.3 Å². The number of hydrogen-bond acceptors (Lipinski definition) is 5. The standard InChI is InChI=1S/C17H18N2O5S/c1-12-6-7-15(19(20)21)9-17(12)25(22,23)18-10-13-8-14-4-2-3-5-16(14)24-11-13/h2-7,9,13,18H,8,10-11H2,1H3. The van der Waals surface area contributed by atoms with E-state index in [0.29, 0.717) is 18.6 Å². The summed E-state index contributed by atoms with van der Waals surface area (Å²) in [6, 6.07) is 11.5. The van der Waals surface area contributed by atoms with Gasteiger partial charge in [0.15, 0.2) is 0 Å². The fourth-order valence-electron chi connectivity index (χ4n) is 2.82. The minimum absolute atomic E-state index is 0.00341. The Balaban J connectivity index is 1.73. The average molecular weight is 362 g/mol. The van der Waals surface area contributed by atoms with Gasteiger partial charge in [-0.05, 0) is 30.5 Å². The van der Waals surface area contributed by atoms with Gasteiger partial charge in [0, 0.05) is 24.6 Å². The lowest BCUT2D eigenvalue weighted by atomic mass is 9.97. The molecule has 0 spiro atoms. The Kier molecular flexibility index (Phi) is 4.73. The zero-order valence-corrected chi connectivity index (χ0v) is 14.5. The summed E-state index contributed by atoms with van der Waals surface area (Å²) in [4.78, 5) is 10.2. The topological polar surface area (TPSA) is 98.5 Å². The molecule has 0 aliphatic carbocycles. The van der Waals surface area contributed by atoms with E-state index in [1.54, 1.807) is 6.92 Å². The summed E-state index contributed by atoms with van der Waals surface area (Å²) in [6.45, 7) is 2.24. The minimum Gasteiger partial charge on any atom is -0.493 e. The van der Waals surface area contributed by atoms with Crippen molar-refractivity contribution >= 4 is 15.7 Å². The smallest absolute Gasteiger partial charge is 0.270 e. The summed E-state index contributed by atoms with van der Waals surface area (Å²) in [5.41, 5.74) is 1.26.